The summed E-state index contributed by atoms with van der Waals surface area (Å²) in [6, 6.07) is 0. The van der Waals surface area contributed by atoms with Gasteiger partial charge in [0, 0.05) is 36.5 Å². The fraction of sp³-hybridized carbons (Fsp3) is 0.500. The Hall–Kier alpha value is 0.470. The summed E-state index contributed by atoms with van der Waals surface area (Å²) in [6.45, 7) is 1.08. The predicted molar refractivity (Wildman–Crippen MR) is 19.1 cm³/mol. The topological polar surface area (TPSA) is 37.3 Å². The van der Waals surface area contributed by atoms with Crippen LogP contribution in [0.3, 0.4) is 0 Å². The molecular formula is C2H4NaO2. The molecule has 0 atom stereocenters. The van der Waals surface area contributed by atoms with E-state index in [2.05, 4.69) is 0 Å². The summed E-state index contributed by atoms with van der Waals surface area (Å²) in [5, 5.41) is 7.42. The quantitative estimate of drug-likeness (QED) is 0.323. The van der Waals surface area contributed by atoms with Crippen LogP contribution in [0.1, 0.15) is 6.92 Å². The summed E-state index contributed by atoms with van der Waals surface area (Å²) in [4.78, 5) is 9.00. The zero-order valence-electron chi connectivity index (χ0n) is 3.36. The summed E-state index contributed by atoms with van der Waals surface area (Å²) < 4.78 is 0. The predicted octanol–water partition coefficient (Wildman–Crippen LogP) is -0.290. The fourth-order valence-corrected chi connectivity index (χ4v) is 0. The molecule has 0 aliphatic heterocycles. The molecule has 0 saturated heterocycles. The minimum atomic E-state index is -0.833. The first-order valence-electron chi connectivity index (χ1n) is 0.928. The van der Waals surface area contributed by atoms with Crippen LogP contribution < -0.4 is 0 Å². The van der Waals surface area contributed by atoms with Crippen molar-refractivity contribution in [2.75, 3.05) is 0 Å². The minimum Gasteiger partial charge on any atom is -0.481 e. The van der Waals surface area contributed by atoms with Crippen molar-refractivity contribution in [2.24, 2.45) is 0 Å². The maximum atomic E-state index is 9.00. The van der Waals surface area contributed by atoms with E-state index in [1.807, 2.05) is 0 Å². The van der Waals surface area contributed by atoms with Crippen LogP contribution in [-0.4, -0.2) is 40.6 Å². The van der Waals surface area contributed by atoms with E-state index in [0.29, 0.717) is 0 Å². The van der Waals surface area contributed by atoms with Gasteiger partial charge in [-0.05, 0) is 0 Å². The molecule has 1 radical (unpaired) electrons. The molecule has 0 aliphatic carbocycles. The van der Waals surface area contributed by atoms with Gasteiger partial charge in [-0.3, -0.25) is 4.79 Å². The molecule has 5 heavy (non-hydrogen) atoms. The first-order chi connectivity index (χ1) is 1.73. The summed E-state index contributed by atoms with van der Waals surface area (Å²) in [5.74, 6) is -0.833. The Morgan fingerprint density at radius 3 is 1.80 bits per heavy atom. The number of rotatable bonds is 0. The monoisotopic (exact) mass is 84.0 g/mol. The van der Waals surface area contributed by atoms with Crippen molar-refractivity contribution in [3.8, 4) is 0 Å². The van der Waals surface area contributed by atoms with Gasteiger partial charge in [-0.2, -0.15) is 0 Å². The van der Waals surface area contributed by atoms with Crippen LogP contribution in [0.15, 0.2) is 0 Å². The maximum absolute atomic E-state index is 9.00. The molecule has 0 bridgehead atoms. The summed E-state index contributed by atoms with van der Waals surface area (Å²) >= 11 is 0. The molecule has 3 heteroatoms. The van der Waals surface area contributed by atoms with Gasteiger partial charge in [-0.25, -0.2) is 0 Å². The van der Waals surface area contributed by atoms with Crippen molar-refractivity contribution in [3.05, 3.63) is 0 Å². The molecule has 0 aromatic carbocycles. The van der Waals surface area contributed by atoms with Crippen LogP contribution >= 0.6 is 0 Å². The van der Waals surface area contributed by atoms with Gasteiger partial charge in [0.1, 0.15) is 0 Å². The molecule has 1 N–H and O–H groups in total. The minimum absolute atomic E-state index is 0. The third kappa shape index (κ3) is 123. The van der Waals surface area contributed by atoms with Crippen LogP contribution in [0.2, 0.25) is 0 Å². The van der Waals surface area contributed by atoms with Crippen molar-refractivity contribution in [1.29, 1.82) is 0 Å². The summed E-state index contributed by atoms with van der Waals surface area (Å²) in [6.07, 6.45) is 0. The Balaban J connectivity index is 0. The molecule has 0 aromatic rings. The Bertz CT molecular complexity index is 30.6. The van der Waals surface area contributed by atoms with E-state index in [1.165, 1.54) is 0 Å². The maximum Gasteiger partial charge on any atom is 0.300 e. The SMILES string of the molecule is [13CH3]C(=O)O.[Na]. The second-order valence-electron chi connectivity index (χ2n) is 0.519. The third-order valence-corrected chi connectivity index (χ3v) is 0. The molecular weight excluding hydrogens is 80.0 g/mol. The smallest absolute Gasteiger partial charge is 0.300 e. The fourth-order valence-electron chi connectivity index (χ4n) is 0. The van der Waals surface area contributed by atoms with Crippen LogP contribution in [0.25, 0.3) is 0 Å². The Morgan fingerprint density at radius 2 is 1.80 bits per heavy atom. The van der Waals surface area contributed by atoms with Crippen molar-refractivity contribution in [1.82, 2.24) is 0 Å². The van der Waals surface area contributed by atoms with Gasteiger partial charge in [0.05, 0.1) is 0 Å². The molecule has 0 fully saturated rings. The number of aliphatic carboxylic acids is 1. The first kappa shape index (κ1) is 9.08. The van der Waals surface area contributed by atoms with E-state index < -0.39 is 5.97 Å². The molecule has 0 rings (SSSR count). The average Bonchev–Trinajstić information content (AvgIpc) is 0.811. The third-order valence-electron chi connectivity index (χ3n) is 0. The molecule has 0 unspecified atom stereocenters. The van der Waals surface area contributed by atoms with E-state index in [1.54, 1.807) is 0 Å². The van der Waals surface area contributed by atoms with Crippen LogP contribution in [0.4, 0.5) is 0 Å². The van der Waals surface area contributed by atoms with Crippen molar-refractivity contribution in [3.63, 3.8) is 0 Å². The average molecular weight is 84.0 g/mol. The van der Waals surface area contributed by atoms with Crippen LogP contribution in [-0.2, 0) is 4.79 Å². The van der Waals surface area contributed by atoms with Crippen molar-refractivity contribution in [2.45, 2.75) is 6.92 Å². The van der Waals surface area contributed by atoms with Crippen LogP contribution in [0.5, 0.6) is 0 Å². The number of carbonyl (C=O) groups is 1. The molecule has 0 aromatic heterocycles. The van der Waals surface area contributed by atoms with Gasteiger partial charge >= 0.3 is 0 Å². The Labute approximate surface area is 52.5 Å². The summed E-state index contributed by atoms with van der Waals surface area (Å²) in [7, 11) is 0. The van der Waals surface area contributed by atoms with E-state index in [9.17, 15) is 0 Å². The van der Waals surface area contributed by atoms with Gasteiger partial charge < -0.3 is 5.11 Å². The molecule has 0 spiro atoms. The Kier molecular flexibility index (Phi) is 8.11. The number of hydrogen-bond donors (Lipinski definition) is 1. The van der Waals surface area contributed by atoms with Gasteiger partial charge in [0.25, 0.3) is 5.97 Å². The number of hydrogen-bond acceptors (Lipinski definition) is 1. The van der Waals surface area contributed by atoms with E-state index >= 15 is 0 Å². The van der Waals surface area contributed by atoms with Gasteiger partial charge in [0.15, 0.2) is 0 Å². The molecule has 0 amide bonds. The number of carboxylic acids is 1. The van der Waals surface area contributed by atoms with E-state index in [4.69, 9.17) is 9.90 Å². The molecule has 0 aliphatic rings. The zero-order chi connectivity index (χ0) is 3.58. The summed E-state index contributed by atoms with van der Waals surface area (Å²) in [5.41, 5.74) is 0. The van der Waals surface area contributed by atoms with Gasteiger partial charge in [0.2, 0.25) is 0 Å². The van der Waals surface area contributed by atoms with Gasteiger partial charge in [-0.1, -0.05) is 0 Å². The van der Waals surface area contributed by atoms with Crippen LogP contribution in [0, 0.1) is 0 Å². The van der Waals surface area contributed by atoms with E-state index in [-0.39, 0.29) is 29.6 Å². The first-order valence-corrected chi connectivity index (χ1v) is 0.928. The second-order valence-corrected chi connectivity index (χ2v) is 0.519. The molecule has 0 heterocycles. The zero-order valence-corrected chi connectivity index (χ0v) is 5.36. The van der Waals surface area contributed by atoms with Crippen molar-refractivity contribution < 1.29 is 9.90 Å². The standard InChI is InChI=1S/C2H4O2.Na/c1-2(3)4;/h1H3,(H,3,4);/i1+1;. The number of carboxylic acid groups (broad SMARTS) is 1. The van der Waals surface area contributed by atoms with Gasteiger partial charge in [-0.15, -0.1) is 0 Å². The molecule has 25 valence electrons. The normalized spacial score (nSPS) is 5.00. The van der Waals surface area contributed by atoms with E-state index in [0.717, 1.165) is 6.92 Å². The molecule has 0 saturated carbocycles. The molecule has 2 nitrogen and oxygen atoms in total. The largest absolute Gasteiger partial charge is 0.481 e. The Morgan fingerprint density at radius 1 is 1.80 bits per heavy atom. The van der Waals surface area contributed by atoms with Crippen molar-refractivity contribution >= 4 is 35.5 Å². The second kappa shape index (κ2) is 4.47.